The van der Waals surface area contributed by atoms with E-state index >= 15 is 0 Å². The fourth-order valence-corrected chi connectivity index (χ4v) is 2.75. The van der Waals surface area contributed by atoms with Gasteiger partial charge in [-0.25, -0.2) is 0 Å². The van der Waals surface area contributed by atoms with Crippen LogP contribution in [0.25, 0.3) is 0 Å². The molecule has 1 amide bonds. The van der Waals surface area contributed by atoms with Gasteiger partial charge in [0.2, 0.25) is 0 Å². The fraction of sp³-hybridized carbons (Fsp3) is 0.562. The number of carbonyl (C=O) groups excluding carboxylic acids is 1. The predicted molar refractivity (Wildman–Crippen MR) is 98.7 cm³/mol. The fourth-order valence-electron chi connectivity index (χ4n) is 2.75. The van der Waals surface area contributed by atoms with E-state index in [1.165, 1.54) is 0 Å². The Balaban J connectivity index is 0.00000242. The molecule has 1 fully saturated rings. The van der Waals surface area contributed by atoms with Crippen LogP contribution in [0.1, 0.15) is 30.6 Å². The molecule has 0 radical (unpaired) electrons. The second-order valence-corrected chi connectivity index (χ2v) is 5.75. The van der Waals surface area contributed by atoms with Crippen LogP contribution in [-0.2, 0) is 4.74 Å². The summed E-state index contributed by atoms with van der Waals surface area (Å²) in [6.07, 6.45) is 1.51. The van der Waals surface area contributed by atoms with Crippen LogP contribution in [0.3, 0.4) is 0 Å². The van der Waals surface area contributed by atoms with Gasteiger partial charge in [-0.15, -0.1) is 24.8 Å². The number of ether oxygens (including phenoxy) is 1. The van der Waals surface area contributed by atoms with E-state index in [1.54, 1.807) is 24.3 Å². The number of hydrogen-bond donors (Lipinski definition) is 2. The Bertz CT molecular complexity index is 478. The zero-order valence-corrected chi connectivity index (χ0v) is 15.3. The first-order chi connectivity index (χ1) is 10.0. The minimum atomic E-state index is -0.0639. The van der Waals surface area contributed by atoms with Gasteiger partial charge in [0.05, 0.1) is 12.2 Å². The third kappa shape index (κ3) is 7.40. The number of nitrogens with one attached hydrogen (secondary N) is 1. The van der Waals surface area contributed by atoms with Crippen LogP contribution >= 0.6 is 24.8 Å². The lowest BCUT2D eigenvalue weighted by Gasteiger charge is -2.35. The molecule has 132 valence electrons. The van der Waals surface area contributed by atoms with Gasteiger partial charge in [0.1, 0.15) is 0 Å². The highest BCUT2D eigenvalue weighted by molar-refractivity contribution is 5.94. The molecule has 0 spiro atoms. The summed E-state index contributed by atoms with van der Waals surface area (Å²) >= 11 is 0. The van der Waals surface area contributed by atoms with Gasteiger partial charge in [-0.3, -0.25) is 9.69 Å². The van der Waals surface area contributed by atoms with Crippen molar-refractivity contribution in [3.63, 3.8) is 0 Å². The maximum absolute atomic E-state index is 12.0. The standard InChI is InChI=1S/C16H25N3O2.2ClH/c1-12-10-19(11-13(2)21-12)8-4-7-18-16(20)14-5-3-6-15(17)9-14;;/h3,5-6,9,12-13H,4,7-8,10-11,17H2,1-2H3,(H,18,20);2*1H. The Morgan fingerprint density at radius 1 is 1.30 bits per heavy atom. The predicted octanol–water partition coefficient (Wildman–Crippen LogP) is 2.34. The topological polar surface area (TPSA) is 67.6 Å². The first-order valence-corrected chi connectivity index (χ1v) is 7.56. The third-order valence-corrected chi connectivity index (χ3v) is 3.58. The molecule has 1 aromatic rings. The first-order valence-electron chi connectivity index (χ1n) is 7.56. The van der Waals surface area contributed by atoms with Gasteiger partial charge in [0, 0.05) is 37.4 Å². The summed E-state index contributed by atoms with van der Waals surface area (Å²) in [5, 5.41) is 2.94. The summed E-state index contributed by atoms with van der Waals surface area (Å²) in [7, 11) is 0. The summed E-state index contributed by atoms with van der Waals surface area (Å²) < 4.78 is 5.71. The highest BCUT2D eigenvalue weighted by Gasteiger charge is 2.21. The number of hydrogen-bond acceptors (Lipinski definition) is 4. The number of amides is 1. The molecule has 3 N–H and O–H groups in total. The summed E-state index contributed by atoms with van der Waals surface area (Å²) in [5.74, 6) is -0.0639. The van der Waals surface area contributed by atoms with Crippen molar-refractivity contribution in [2.24, 2.45) is 0 Å². The molecule has 1 aromatic carbocycles. The Hall–Kier alpha value is -1.01. The number of morpholine rings is 1. The molecule has 23 heavy (non-hydrogen) atoms. The van der Waals surface area contributed by atoms with Crippen molar-refractivity contribution < 1.29 is 9.53 Å². The van der Waals surface area contributed by atoms with E-state index in [0.29, 0.717) is 17.8 Å². The molecule has 7 heteroatoms. The highest BCUT2D eigenvalue weighted by Crippen LogP contribution is 2.10. The number of rotatable bonds is 5. The molecule has 0 aliphatic carbocycles. The van der Waals surface area contributed by atoms with Gasteiger partial charge in [-0.1, -0.05) is 6.07 Å². The van der Waals surface area contributed by atoms with Gasteiger partial charge in [-0.2, -0.15) is 0 Å². The van der Waals surface area contributed by atoms with Crippen LogP contribution in [0, 0.1) is 0 Å². The summed E-state index contributed by atoms with van der Waals surface area (Å²) in [6, 6.07) is 7.04. The minimum Gasteiger partial charge on any atom is -0.399 e. The van der Waals surface area contributed by atoms with Crippen molar-refractivity contribution >= 4 is 36.4 Å². The van der Waals surface area contributed by atoms with E-state index in [1.807, 2.05) is 0 Å². The number of carbonyl (C=O) groups is 1. The normalized spacial score (nSPS) is 21.0. The number of halogens is 2. The Morgan fingerprint density at radius 3 is 2.57 bits per heavy atom. The molecule has 1 heterocycles. The van der Waals surface area contributed by atoms with Gasteiger partial charge >= 0.3 is 0 Å². The molecule has 2 atom stereocenters. The number of nitrogens with two attached hydrogens (primary N) is 1. The smallest absolute Gasteiger partial charge is 0.251 e. The van der Waals surface area contributed by atoms with E-state index in [2.05, 4.69) is 24.1 Å². The molecule has 1 aliphatic rings. The number of nitrogens with zero attached hydrogens (tertiary/aromatic N) is 1. The first kappa shape index (κ1) is 22.0. The second-order valence-electron chi connectivity index (χ2n) is 5.75. The minimum absolute atomic E-state index is 0. The van der Waals surface area contributed by atoms with E-state index in [0.717, 1.165) is 26.1 Å². The zero-order valence-electron chi connectivity index (χ0n) is 13.7. The quantitative estimate of drug-likeness (QED) is 0.622. The van der Waals surface area contributed by atoms with Crippen LogP contribution in [0.15, 0.2) is 24.3 Å². The molecule has 5 nitrogen and oxygen atoms in total. The third-order valence-electron chi connectivity index (χ3n) is 3.58. The molecule has 1 aliphatic heterocycles. The zero-order chi connectivity index (χ0) is 15.2. The lowest BCUT2D eigenvalue weighted by atomic mass is 10.2. The second kappa shape index (κ2) is 10.7. The average molecular weight is 364 g/mol. The van der Waals surface area contributed by atoms with Crippen molar-refractivity contribution in [2.45, 2.75) is 32.5 Å². The highest BCUT2D eigenvalue weighted by atomic mass is 35.5. The maximum atomic E-state index is 12.0. The molecule has 0 saturated carbocycles. The molecule has 2 unspecified atom stereocenters. The van der Waals surface area contributed by atoms with Gasteiger partial charge in [-0.05, 0) is 38.5 Å². The largest absolute Gasteiger partial charge is 0.399 e. The van der Waals surface area contributed by atoms with Crippen LogP contribution in [0.2, 0.25) is 0 Å². The summed E-state index contributed by atoms with van der Waals surface area (Å²) in [6.45, 7) is 7.79. The SMILES string of the molecule is CC1CN(CCCNC(=O)c2cccc(N)c2)CC(C)O1.Cl.Cl. The lowest BCUT2D eigenvalue weighted by molar-refractivity contribution is -0.0679. The van der Waals surface area contributed by atoms with Crippen LogP contribution in [0.4, 0.5) is 5.69 Å². The maximum Gasteiger partial charge on any atom is 0.251 e. The average Bonchev–Trinajstić information content (AvgIpc) is 2.42. The lowest BCUT2D eigenvalue weighted by Crippen LogP contribution is -2.46. The molecule has 0 aromatic heterocycles. The Kier molecular flexibility index (Phi) is 10.2. The van der Waals surface area contributed by atoms with E-state index in [9.17, 15) is 4.79 Å². The van der Waals surface area contributed by atoms with Crippen LogP contribution in [-0.4, -0.2) is 49.2 Å². The number of benzene rings is 1. The van der Waals surface area contributed by atoms with Crippen LogP contribution < -0.4 is 11.1 Å². The Labute approximate surface area is 150 Å². The number of nitrogen functional groups attached to an aromatic ring is 1. The molecule has 1 saturated heterocycles. The van der Waals surface area contributed by atoms with Crippen molar-refractivity contribution in [1.82, 2.24) is 10.2 Å². The molecular weight excluding hydrogens is 337 g/mol. The Morgan fingerprint density at radius 2 is 1.96 bits per heavy atom. The van der Waals surface area contributed by atoms with Crippen LogP contribution in [0.5, 0.6) is 0 Å². The van der Waals surface area contributed by atoms with Crippen molar-refractivity contribution in [3.8, 4) is 0 Å². The van der Waals surface area contributed by atoms with Crippen molar-refractivity contribution in [1.29, 1.82) is 0 Å². The molecular formula is C16H27Cl2N3O2. The van der Waals surface area contributed by atoms with Gasteiger partial charge in [0.25, 0.3) is 5.91 Å². The summed E-state index contributed by atoms with van der Waals surface area (Å²) in [5.41, 5.74) is 6.90. The van der Waals surface area contributed by atoms with E-state index in [4.69, 9.17) is 10.5 Å². The van der Waals surface area contributed by atoms with Gasteiger partial charge in [0.15, 0.2) is 0 Å². The summed E-state index contributed by atoms with van der Waals surface area (Å²) in [4.78, 5) is 14.3. The van der Waals surface area contributed by atoms with E-state index < -0.39 is 0 Å². The number of anilines is 1. The molecule has 2 rings (SSSR count). The monoisotopic (exact) mass is 363 g/mol. The van der Waals surface area contributed by atoms with Gasteiger partial charge < -0.3 is 15.8 Å². The van der Waals surface area contributed by atoms with E-state index in [-0.39, 0.29) is 42.9 Å². The van der Waals surface area contributed by atoms with Crippen molar-refractivity contribution in [3.05, 3.63) is 29.8 Å². The van der Waals surface area contributed by atoms with Crippen molar-refractivity contribution in [2.75, 3.05) is 31.9 Å². The molecule has 0 bridgehead atoms.